The lowest BCUT2D eigenvalue weighted by Crippen LogP contribution is -2.53. The molecule has 1 saturated heterocycles. The fraction of sp³-hybridized carbons (Fsp3) is 0.364. The van der Waals surface area contributed by atoms with E-state index < -0.39 is 90.8 Å². The minimum Gasteiger partial charge on any atom is -0.462 e. The molecule has 0 aromatic heterocycles. The van der Waals surface area contributed by atoms with Gasteiger partial charge in [0.05, 0.1) is 6.21 Å². The van der Waals surface area contributed by atoms with Crippen LogP contribution in [-0.2, 0) is 62.8 Å². The number of rotatable bonds is 15. The molecule has 4 atom stereocenters. The number of hydrazone groups is 1. The number of amides is 4. The van der Waals surface area contributed by atoms with Gasteiger partial charge in [-0.15, -0.1) is 0 Å². The van der Waals surface area contributed by atoms with Gasteiger partial charge in [-0.05, 0) is 11.1 Å². The molecule has 1 aliphatic heterocycles. The van der Waals surface area contributed by atoms with Crippen LogP contribution in [0.4, 0.5) is 4.79 Å². The van der Waals surface area contributed by atoms with Crippen molar-refractivity contribution in [1.29, 1.82) is 0 Å². The third kappa shape index (κ3) is 9.71. The molecule has 2 aromatic carbocycles. The van der Waals surface area contributed by atoms with E-state index in [4.69, 9.17) is 23.7 Å². The van der Waals surface area contributed by atoms with Gasteiger partial charge in [0, 0.05) is 34.6 Å². The summed E-state index contributed by atoms with van der Waals surface area (Å²) in [6, 6.07) is 15.8. The molecule has 0 aliphatic carbocycles. The summed E-state index contributed by atoms with van der Waals surface area (Å²) >= 11 is 0. The molecule has 2 aromatic rings. The average Bonchev–Trinajstić information content (AvgIpc) is 3.29. The molecule has 4 amide bonds. The molecule has 0 radical (unpaired) electrons. The van der Waals surface area contributed by atoms with Gasteiger partial charge in [0.1, 0.15) is 13.2 Å². The van der Waals surface area contributed by atoms with Crippen molar-refractivity contribution in [2.75, 3.05) is 13.2 Å². The van der Waals surface area contributed by atoms with Crippen LogP contribution in [0.1, 0.15) is 45.7 Å². The Balaban J connectivity index is 1.97. The minimum absolute atomic E-state index is 0.401. The van der Waals surface area contributed by atoms with E-state index in [0.29, 0.717) is 11.1 Å². The molecule has 0 bridgehead atoms. The molecule has 1 fully saturated rings. The number of ether oxygens (including phenoxy) is 5. The molecule has 2 N–H and O–H groups in total. The molecule has 3 rings (SSSR count). The quantitative estimate of drug-likeness (QED) is 0.0869. The topological polar surface area (TPSA) is 222 Å². The number of carbonyl (C=O) groups is 8. The highest BCUT2D eigenvalue weighted by Gasteiger charge is 2.56. The van der Waals surface area contributed by atoms with Crippen molar-refractivity contribution in [3.8, 4) is 0 Å². The summed E-state index contributed by atoms with van der Waals surface area (Å²) in [5, 5.41) is 6.09. The second-order valence-corrected chi connectivity index (χ2v) is 10.8. The van der Waals surface area contributed by atoms with Gasteiger partial charge in [0.2, 0.25) is 0 Å². The predicted molar refractivity (Wildman–Crippen MR) is 169 cm³/mol. The minimum atomic E-state index is -1.77. The SMILES string of the molecule is CC(=O)OC[C@@H](OC(C)=O)[C@@H](OC(C)=O)[C@H](OC(C)=O)[C@@H](/C=N/NC(=O)CN1C(=O)NC(=O)C1(c1ccccc1)c1ccccc1)OC(C)=O. The van der Waals surface area contributed by atoms with Gasteiger partial charge in [-0.25, -0.2) is 10.2 Å². The van der Waals surface area contributed by atoms with Crippen molar-refractivity contribution in [3.63, 3.8) is 0 Å². The summed E-state index contributed by atoms with van der Waals surface area (Å²) in [5.74, 6) is -6.11. The molecule has 17 heteroatoms. The molecule has 50 heavy (non-hydrogen) atoms. The van der Waals surface area contributed by atoms with E-state index in [1.165, 1.54) is 0 Å². The van der Waals surface area contributed by atoms with Crippen LogP contribution in [0.5, 0.6) is 0 Å². The number of esters is 5. The van der Waals surface area contributed by atoms with Crippen LogP contribution in [0.2, 0.25) is 0 Å². The van der Waals surface area contributed by atoms with Crippen molar-refractivity contribution in [1.82, 2.24) is 15.6 Å². The number of carbonyl (C=O) groups excluding carboxylic acids is 8. The summed E-state index contributed by atoms with van der Waals surface area (Å²) < 4.78 is 26.1. The fourth-order valence-electron chi connectivity index (χ4n) is 5.22. The molecule has 1 heterocycles. The first-order valence-electron chi connectivity index (χ1n) is 15.0. The number of hydrogen-bond donors (Lipinski definition) is 2. The Labute approximate surface area is 286 Å². The summed E-state index contributed by atoms with van der Waals surface area (Å²) in [5.41, 5.74) is 1.25. The highest BCUT2D eigenvalue weighted by atomic mass is 16.6. The Morgan fingerprint density at radius 3 is 1.72 bits per heavy atom. The molecule has 0 unspecified atom stereocenters. The van der Waals surface area contributed by atoms with E-state index >= 15 is 0 Å². The number of nitrogens with zero attached hydrogens (tertiary/aromatic N) is 2. The van der Waals surface area contributed by atoms with Crippen LogP contribution in [0.3, 0.4) is 0 Å². The lowest BCUT2D eigenvalue weighted by atomic mass is 9.81. The first-order chi connectivity index (χ1) is 23.7. The first-order valence-corrected chi connectivity index (χ1v) is 15.0. The Morgan fingerprint density at radius 2 is 1.24 bits per heavy atom. The zero-order chi connectivity index (χ0) is 37.0. The Morgan fingerprint density at radius 1 is 0.740 bits per heavy atom. The number of urea groups is 1. The maximum Gasteiger partial charge on any atom is 0.326 e. The van der Waals surface area contributed by atoms with Crippen LogP contribution in [0.15, 0.2) is 65.8 Å². The highest BCUT2D eigenvalue weighted by molar-refractivity contribution is 6.10. The standard InChI is InChI=1S/C33H36N4O13/c1-19(38)46-18-27(48-21(3)40)30(50-23(5)42)29(49-22(4)41)26(47-20(2)39)16-34-36-28(43)17-37-32(45)35-31(44)33(37,24-12-8-6-9-13-24)25-14-10-7-11-15-25/h6-16,26-27,29-30H,17-18H2,1-5H3,(H,36,43)(H,35,44,45)/b34-16+/t26-,27-,29-,30-/m1/s1. The van der Waals surface area contributed by atoms with Crippen LogP contribution >= 0.6 is 0 Å². The largest absolute Gasteiger partial charge is 0.462 e. The lowest BCUT2D eigenvalue weighted by Gasteiger charge is -2.35. The van der Waals surface area contributed by atoms with Gasteiger partial charge in [-0.1, -0.05) is 60.7 Å². The average molecular weight is 697 g/mol. The number of imide groups is 1. The van der Waals surface area contributed by atoms with Crippen LogP contribution in [-0.4, -0.2) is 96.4 Å². The van der Waals surface area contributed by atoms with Gasteiger partial charge in [0.25, 0.3) is 11.8 Å². The van der Waals surface area contributed by atoms with Crippen molar-refractivity contribution in [2.45, 2.75) is 64.6 Å². The number of benzene rings is 2. The van der Waals surface area contributed by atoms with E-state index in [1.807, 2.05) is 0 Å². The monoisotopic (exact) mass is 696 g/mol. The van der Waals surface area contributed by atoms with Crippen molar-refractivity contribution < 1.29 is 62.0 Å². The molecular formula is C33H36N4O13. The summed E-state index contributed by atoms with van der Waals surface area (Å²) in [6.07, 6.45) is -5.95. The number of nitrogens with one attached hydrogen (secondary N) is 2. The Hall–Kier alpha value is -6.13. The van der Waals surface area contributed by atoms with Crippen LogP contribution in [0, 0.1) is 0 Å². The molecule has 266 valence electrons. The number of hydrogen-bond acceptors (Lipinski definition) is 14. The fourth-order valence-corrected chi connectivity index (χ4v) is 5.22. The second-order valence-electron chi connectivity index (χ2n) is 10.8. The van der Waals surface area contributed by atoms with Crippen LogP contribution < -0.4 is 10.7 Å². The third-order valence-corrected chi connectivity index (χ3v) is 6.98. The van der Waals surface area contributed by atoms with Crippen molar-refractivity contribution in [3.05, 3.63) is 71.8 Å². The van der Waals surface area contributed by atoms with E-state index in [1.54, 1.807) is 60.7 Å². The van der Waals surface area contributed by atoms with E-state index in [-0.39, 0.29) is 0 Å². The van der Waals surface area contributed by atoms with Gasteiger partial charge in [0.15, 0.2) is 30.0 Å². The molecule has 0 spiro atoms. The van der Waals surface area contributed by atoms with Gasteiger partial charge in [-0.3, -0.25) is 43.8 Å². The van der Waals surface area contributed by atoms with E-state index in [0.717, 1.165) is 45.7 Å². The zero-order valence-electron chi connectivity index (χ0n) is 27.8. The lowest BCUT2D eigenvalue weighted by molar-refractivity contribution is -0.197. The van der Waals surface area contributed by atoms with E-state index in [2.05, 4.69) is 15.8 Å². The van der Waals surface area contributed by atoms with Gasteiger partial charge >= 0.3 is 35.9 Å². The summed E-state index contributed by atoms with van der Waals surface area (Å²) in [4.78, 5) is 101. The Bertz CT molecular complexity index is 1590. The Kier molecular flexibility index (Phi) is 13.3. The predicted octanol–water partition coefficient (Wildman–Crippen LogP) is 0.874. The maximum atomic E-state index is 13.5. The first kappa shape index (κ1) is 38.3. The smallest absolute Gasteiger partial charge is 0.326 e. The summed E-state index contributed by atoms with van der Waals surface area (Å²) in [7, 11) is 0. The second kappa shape index (κ2) is 17.3. The van der Waals surface area contributed by atoms with Gasteiger partial charge in [-0.2, -0.15) is 5.10 Å². The normalized spacial score (nSPS) is 15.9. The van der Waals surface area contributed by atoms with Crippen LogP contribution in [0.25, 0.3) is 0 Å². The molecule has 0 saturated carbocycles. The van der Waals surface area contributed by atoms with E-state index in [9.17, 15) is 38.4 Å². The zero-order valence-corrected chi connectivity index (χ0v) is 27.8. The maximum absolute atomic E-state index is 13.5. The summed E-state index contributed by atoms with van der Waals surface area (Å²) in [6.45, 7) is 3.71. The highest BCUT2D eigenvalue weighted by Crippen LogP contribution is 2.39. The molecular weight excluding hydrogens is 660 g/mol. The van der Waals surface area contributed by atoms with Crippen molar-refractivity contribution >= 4 is 53.9 Å². The third-order valence-electron chi connectivity index (χ3n) is 6.98. The molecule has 1 aliphatic rings. The molecule has 17 nitrogen and oxygen atoms in total. The van der Waals surface area contributed by atoms with Crippen molar-refractivity contribution in [2.24, 2.45) is 5.10 Å². The van der Waals surface area contributed by atoms with Gasteiger partial charge < -0.3 is 23.7 Å².